The molecule has 0 aliphatic rings. The molecule has 0 saturated heterocycles. The maximum Gasteiger partial charge on any atom is 0.416 e. The van der Waals surface area contributed by atoms with Crippen molar-refractivity contribution in [2.75, 3.05) is 12.4 Å². The summed E-state index contributed by atoms with van der Waals surface area (Å²) in [7, 11) is -2.24. The third-order valence-electron chi connectivity index (χ3n) is 4.32. The fourth-order valence-corrected chi connectivity index (χ4v) is 3.80. The third kappa shape index (κ3) is 4.71. The Labute approximate surface area is 162 Å². The van der Waals surface area contributed by atoms with Crippen LogP contribution < -0.4 is 5.32 Å². The first kappa shape index (κ1) is 21.9. The lowest BCUT2D eigenvalue weighted by atomic mass is 10.1. The van der Waals surface area contributed by atoms with E-state index < -0.39 is 27.7 Å². The van der Waals surface area contributed by atoms with E-state index in [1.807, 2.05) is 0 Å². The van der Waals surface area contributed by atoms with Gasteiger partial charge in [-0.05, 0) is 62.7 Å². The second-order valence-corrected chi connectivity index (χ2v) is 8.62. The van der Waals surface area contributed by atoms with Gasteiger partial charge in [-0.25, -0.2) is 8.42 Å². The Bertz CT molecular complexity index is 969. The van der Waals surface area contributed by atoms with Crippen molar-refractivity contribution in [3.05, 3.63) is 59.2 Å². The number of hydrogen-bond donors (Lipinski definition) is 1. The second kappa shape index (κ2) is 7.92. The molecule has 9 heteroatoms. The first-order valence-corrected chi connectivity index (χ1v) is 9.85. The summed E-state index contributed by atoms with van der Waals surface area (Å²) in [5.41, 5.74) is -0.655. The van der Waals surface area contributed by atoms with Gasteiger partial charge in [0.1, 0.15) is 0 Å². The highest BCUT2D eigenvalue weighted by atomic mass is 32.2. The van der Waals surface area contributed by atoms with Gasteiger partial charge in [-0.1, -0.05) is 6.07 Å². The normalized spacial score (nSPS) is 12.5. The standard InChI is InChI=1S/C19H21F3N2O3S/c1-12(2)24(4)28(26,27)16-9-6-14(7-10-16)18(25)23-15-8-5-13(3)17(11-15)19(20,21)22/h5-12H,1-4H3,(H,23,25). The van der Waals surface area contributed by atoms with Gasteiger partial charge in [0, 0.05) is 24.3 Å². The summed E-state index contributed by atoms with van der Waals surface area (Å²) in [6.45, 7) is 4.80. The molecular formula is C19H21F3N2O3S. The number of nitrogens with one attached hydrogen (secondary N) is 1. The van der Waals surface area contributed by atoms with Crippen LogP contribution in [0, 0.1) is 6.92 Å². The molecule has 0 aromatic heterocycles. The molecule has 0 atom stereocenters. The molecule has 2 rings (SSSR count). The van der Waals surface area contributed by atoms with Crippen LogP contribution in [-0.2, 0) is 16.2 Å². The molecule has 152 valence electrons. The van der Waals surface area contributed by atoms with Crippen LogP contribution in [0.3, 0.4) is 0 Å². The smallest absolute Gasteiger partial charge is 0.322 e. The molecule has 2 aromatic carbocycles. The topological polar surface area (TPSA) is 66.5 Å². The van der Waals surface area contributed by atoms with E-state index in [1.54, 1.807) is 13.8 Å². The van der Waals surface area contributed by atoms with Gasteiger partial charge >= 0.3 is 6.18 Å². The molecule has 0 aliphatic carbocycles. The Morgan fingerprint density at radius 3 is 2.14 bits per heavy atom. The molecule has 0 unspecified atom stereocenters. The van der Waals surface area contributed by atoms with Gasteiger partial charge in [0.2, 0.25) is 10.0 Å². The Morgan fingerprint density at radius 2 is 1.64 bits per heavy atom. The van der Waals surface area contributed by atoms with Gasteiger partial charge in [0.25, 0.3) is 5.91 Å². The molecule has 0 aliphatic heterocycles. The highest BCUT2D eigenvalue weighted by Crippen LogP contribution is 2.33. The predicted octanol–water partition coefficient (Wildman–Crippen LogP) is 4.30. The summed E-state index contributed by atoms with van der Waals surface area (Å²) in [5, 5.41) is 2.40. The number of benzene rings is 2. The number of amides is 1. The number of halogens is 3. The van der Waals surface area contributed by atoms with E-state index in [2.05, 4.69) is 5.32 Å². The molecule has 0 bridgehead atoms. The van der Waals surface area contributed by atoms with Crippen LogP contribution in [0.25, 0.3) is 0 Å². The number of carbonyl (C=O) groups is 1. The Morgan fingerprint density at radius 1 is 1.07 bits per heavy atom. The fraction of sp³-hybridized carbons (Fsp3) is 0.316. The van der Waals surface area contributed by atoms with Crippen molar-refractivity contribution in [1.82, 2.24) is 4.31 Å². The summed E-state index contributed by atoms with van der Waals surface area (Å²) in [6.07, 6.45) is -4.52. The summed E-state index contributed by atoms with van der Waals surface area (Å²) in [4.78, 5) is 12.3. The van der Waals surface area contributed by atoms with Crippen LogP contribution in [-0.4, -0.2) is 31.7 Å². The van der Waals surface area contributed by atoms with Crippen molar-refractivity contribution >= 4 is 21.6 Å². The minimum atomic E-state index is -4.52. The zero-order chi connectivity index (χ0) is 21.3. The maximum atomic E-state index is 13.0. The van der Waals surface area contributed by atoms with Gasteiger partial charge in [0.05, 0.1) is 10.5 Å². The average molecular weight is 414 g/mol. The number of aryl methyl sites for hydroxylation is 1. The largest absolute Gasteiger partial charge is 0.416 e. The van der Waals surface area contributed by atoms with Crippen LogP contribution >= 0.6 is 0 Å². The summed E-state index contributed by atoms with van der Waals surface area (Å²) in [6, 6.07) is 8.49. The molecular weight excluding hydrogens is 393 g/mol. The summed E-state index contributed by atoms with van der Waals surface area (Å²) < 4.78 is 65.0. The minimum absolute atomic E-state index is 0.000774. The quantitative estimate of drug-likeness (QED) is 0.794. The average Bonchev–Trinajstić information content (AvgIpc) is 2.61. The minimum Gasteiger partial charge on any atom is -0.322 e. The van der Waals surface area contributed by atoms with Crippen LogP contribution in [0.2, 0.25) is 0 Å². The number of sulfonamides is 1. The van der Waals surface area contributed by atoms with E-state index in [-0.39, 0.29) is 27.8 Å². The van der Waals surface area contributed by atoms with E-state index in [9.17, 15) is 26.4 Å². The first-order chi connectivity index (χ1) is 12.8. The number of alkyl halides is 3. The van der Waals surface area contributed by atoms with Gasteiger partial charge < -0.3 is 5.32 Å². The summed E-state index contributed by atoms with van der Waals surface area (Å²) in [5.74, 6) is -0.641. The molecule has 1 amide bonds. The number of hydrogen-bond acceptors (Lipinski definition) is 3. The first-order valence-electron chi connectivity index (χ1n) is 8.41. The molecule has 0 spiro atoms. The summed E-state index contributed by atoms with van der Waals surface area (Å²) >= 11 is 0. The van der Waals surface area contributed by atoms with Crippen molar-refractivity contribution in [3.63, 3.8) is 0 Å². The molecule has 5 nitrogen and oxygen atoms in total. The molecule has 28 heavy (non-hydrogen) atoms. The Hall–Kier alpha value is -2.39. The lowest BCUT2D eigenvalue weighted by Crippen LogP contribution is -2.33. The predicted molar refractivity (Wildman–Crippen MR) is 101 cm³/mol. The van der Waals surface area contributed by atoms with E-state index in [4.69, 9.17) is 0 Å². The van der Waals surface area contributed by atoms with Crippen molar-refractivity contribution < 1.29 is 26.4 Å². The Kier molecular flexibility index (Phi) is 6.20. The second-order valence-electron chi connectivity index (χ2n) is 6.62. The van der Waals surface area contributed by atoms with Crippen molar-refractivity contribution in [2.24, 2.45) is 0 Å². The van der Waals surface area contributed by atoms with E-state index >= 15 is 0 Å². The van der Waals surface area contributed by atoms with Gasteiger partial charge in [-0.15, -0.1) is 0 Å². The SMILES string of the molecule is Cc1ccc(NC(=O)c2ccc(S(=O)(=O)N(C)C(C)C)cc2)cc1C(F)(F)F. The zero-order valence-electron chi connectivity index (χ0n) is 15.8. The monoisotopic (exact) mass is 414 g/mol. The highest BCUT2D eigenvalue weighted by Gasteiger charge is 2.32. The zero-order valence-corrected chi connectivity index (χ0v) is 16.6. The van der Waals surface area contributed by atoms with Crippen LogP contribution in [0.5, 0.6) is 0 Å². The van der Waals surface area contributed by atoms with E-state index in [1.165, 1.54) is 54.7 Å². The number of carbonyl (C=O) groups excluding carboxylic acids is 1. The van der Waals surface area contributed by atoms with Gasteiger partial charge in [-0.2, -0.15) is 17.5 Å². The third-order valence-corrected chi connectivity index (χ3v) is 6.37. The number of anilines is 1. The van der Waals surface area contributed by atoms with Crippen molar-refractivity contribution in [3.8, 4) is 0 Å². The Balaban J connectivity index is 2.23. The molecule has 0 saturated carbocycles. The van der Waals surface area contributed by atoms with Crippen LogP contribution in [0.4, 0.5) is 18.9 Å². The maximum absolute atomic E-state index is 13.0. The van der Waals surface area contributed by atoms with Crippen molar-refractivity contribution in [2.45, 2.75) is 37.9 Å². The lowest BCUT2D eigenvalue weighted by Gasteiger charge is -2.21. The van der Waals surface area contributed by atoms with Crippen LogP contribution in [0.15, 0.2) is 47.4 Å². The molecule has 0 radical (unpaired) electrons. The van der Waals surface area contributed by atoms with Crippen LogP contribution in [0.1, 0.15) is 35.3 Å². The van der Waals surface area contributed by atoms with Gasteiger partial charge in [0.15, 0.2) is 0 Å². The van der Waals surface area contributed by atoms with Gasteiger partial charge in [-0.3, -0.25) is 4.79 Å². The lowest BCUT2D eigenvalue weighted by molar-refractivity contribution is -0.138. The number of rotatable bonds is 5. The van der Waals surface area contributed by atoms with E-state index in [0.29, 0.717) is 0 Å². The number of nitrogens with zero attached hydrogens (tertiary/aromatic N) is 1. The van der Waals surface area contributed by atoms with E-state index in [0.717, 1.165) is 6.07 Å². The molecule has 0 fully saturated rings. The molecule has 0 heterocycles. The molecule has 1 N–H and O–H groups in total. The fourth-order valence-electron chi connectivity index (χ4n) is 2.43. The molecule has 2 aromatic rings. The van der Waals surface area contributed by atoms with Crippen molar-refractivity contribution in [1.29, 1.82) is 0 Å². The highest BCUT2D eigenvalue weighted by molar-refractivity contribution is 7.89.